The van der Waals surface area contributed by atoms with Crippen molar-refractivity contribution in [3.8, 4) is 0 Å². The Morgan fingerprint density at radius 3 is 2.55 bits per heavy atom. The maximum Gasteiger partial charge on any atom is 0.254 e. The highest BCUT2D eigenvalue weighted by molar-refractivity contribution is 9.10. The van der Waals surface area contributed by atoms with Crippen molar-refractivity contribution in [2.24, 2.45) is 0 Å². The van der Waals surface area contributed by atoms with Crippen LogP contribution in [0.2, 0.25) is 0 Å². The van der Waals surface area contributed by atoms with Crippen LogP contribution in [0.5, 0.6) is 0 Å². The van der Waals surface area contributed by atoms with E-state index in [-0.39, 0.29) is 11.9 Å². The summed E-state index contributed by atoms with van der Waals surface area (Å²) in [6.07, 6.45) is 1.91. The first-order valence-electron chi connectivity index (χ1n) is 7.11. The van der Waals surface area contributed by atoms with E-state index in [1.165, 1.54) is 0 Å². The summed E-state index contributed by atoms with van der Waals surface area (Å²) in [6, 6.07) is 6.02. The van der Waals surface area contributed by atoms with Gasteiger partial charge in [0.2, 0.25) is 0 Å². The molecular formula is C16H24BrNO2. The Bertz CT molecular complexity index is 444. The lowest BCUT2D eigenvalue weighted by Crippen LogP contribution is -2.42. The van der Waals surface area contributed by atoms with Crippen molar-refractivity contribution in [3.05, 3.63) is 33.8 Å². The number of carbonyl (C=O) groups excluding carboxylic acids is 1. The van der Waals surface area contributed by atoms with Gasteiger partial charge in [-0.3, -0.25) is 4.79 Å². The van der Waals surface area contributed by atoms with Crippen LogP contribution in [0, 0.1) is 6.92 Å². The summed E-state index contributed by atoms with van der Waals surface area (Å²) in [5.41, 5.74) is 1.76. The number of methoxy groups -OCH3 is 1. The molecule has 1 rings (SSSR count). The van der Waals surface area contributed by atoms with Crippen molar-refractivity contribution >= 4 is 21.8 Å². The molecule has 0 aliphatic carbocycles. The van der Waals surface area contributed by atoms with Gasteiger partial charge in [0.15, 0.2) is 0 Å². The van der Waals surface area contributed by atoms with Crippen LogP contribution >= 0.6 is 15.9 Å². The molecule has 112 valence electrons. The highest BCUT2D eigenvalue weighted by Gasteiger charge is 2.23. The zero-order valence-electron chi connectivity index (χ0n) is 12.8. The van der Waals surface area contributed by atoms with Crippen LogP contribution in [0.3, 0.4) is 0 Å². The first kappa shape index (κ1) is 17.2. The minimum atomic E-state index is 0.0922. The molecule has 0 saturated carbocycles. The Labute approximate surface area is 130 Å². The van der Waals surface area contributed by atoms with Crippen LogP contribution in [0.25, 0.3) is 0 Å². The third kappa shape index (κ3) is 4.06. The van der Waals surface area contributed by atoms with E-state index in [9.17, 15) is 4.79 Å². The summed E-state index contributed by atoms with van der Waals surface area (Å²) in [5, 5.41) is 0. The highest BCUT2D eigenvalue weighted by atomic mass is 79.9. The van der Waals surface area contributed by atoms with Crippen LogP contribution in [0.15, 0.2) is 22.7 Å². The van der Waals surface area contributed by atoms with Crippen LogP contribution < -0.4 is 0 Å². The van der Waals surface area contributed by atoms with Crippen molar-refractivity contribution in [3.63, 3.8) is 0 Å². The second-order valence-electron chi connectivity index (χ2n) is 4.87. The molecule has 1 aromatic carbocycles. The minimum Gasteiger partial charge on any atom is -0.383 e. The summed E-state index contributed by atoms with van der Waals surface area (Å²) < 4.78 is 6.12. The van der Waals surface area contributed by atoms with E-state index in [1.54, 1.807) is 7.11 Å². The number of amides is 1. The number of hydrogen-bond acceptors (Lipinski definition) is 2. The molecule has 0 aromatic heterocycles. The molecule has 0 fully saturated rings. The highest BCUT2D eigenvalue weighted by Crippen LogP contribution is 2.22. The molecule has 0 heterocycles. The molecule has 1 amide bonds. The number of benzene rings is 1. The van der Waals surface area contributed by atoms with E-state index in [2.05, 4.69) is 29.8 Å². The summed E-state index contributed by atoms with van der Waals surface area (Å²) in [5.74, 6) is 0.0922. The van der Waals surface area contributed by atoms with E-state index < -0.39 is 0 Å². The summed E-state index contributed by atoms with van der Waals surface area (Å²) in [6.45, 7) is 7.41. The van der Waals surface area contributed by atoms with Gasteiger partial charge in [0.05, 0.1) is 6.61 Å². The second-order valence-corrected chi connectivity index (χ2v) is 5.73. The summed E-state index contributed by atoms with van der Waals surface area (Å²) >= 11 is 3.49. The van der Waals surface area contributed by atoms with Gasteiger partial charge in [-0.1, -0.05) is 35.8 Å². The predicted octanol–water partition coefficient (Wildman–Crippen LogP) is 4.03. The van der Waals surface area contributed by atoms with Gasteiger partial charge < -0.3 is 9.64 Å². The van der Waals surface area contributed by atoms with Gasteiger partial charge in [0.25, 0.3) is 5.91 Å². The smallest absolute Gasteiger partial charge is 0.254 e. The fraction of sp³-hybridized carbons (Fsp3) is 0.562. The predicted molar refractivity (Wildman–Crippen MR) is 86.2 cm³/mol. The van der Waals surface area contributed by atoms with Gasteiger partial charge in [-0.15, -0.1) is 0 Å². The van der Waals surface area contributed by atoms with Crippen LogP contribution in [-0.4, -0.2) is 37.1 Å². The largest absolute Gasteiger partial charge is 0.383 e. The molecule has 1 aromatic rings. The van der Waals surface area contributed by atoms with Crippen molar-refractivity contribution in [1.82, 2.24) is 4.90 Å². The minimum absolute atomic E-state index is 0.0922. The van der Waals surface area contributed by atoms with Gasteiger partial charge >= 0.3 is 0 Å². The number of halogens is 1. The van der Waals surface area contributed by atoms with Gasteiger partial charge in [-0.05, 0) is 37.5 Å². The first-order chi connectivity index (χ1) is 9.56. The summed E-state index contributed by atoms with van der Waals surface area (Å²) in [4.78, 5) is 14.8. The van der Waals surface area contributed by atoms with Gasteiger partial charge in [0, 0.05) is 29.7 Å². The fourth-order valence-corrected chi connectivity index (χ4v) is 2.73. The zero-order chi connectivity index (χ0) is 15.1. The SMILES string of the molecule is CCC(CC)N(CCOC)C(=O)c1cccc(Br)c1C. The lowest BCUT2D eigenvalue weighted by atomic mass is 10.0. The van der Waals surface area contributed by atoms with Gasteiger partial charge in [-0.2, -0.15) is 0 Å². The quantitative estimate of drug-likeness (QED) is 0.749. The Kier molecular flexibility index (Phi) is 7.24. The maximum atomic E-state index is 12.8. The molecule has 0 N–H and O–H groups in total. The van der Waals surface area contributed by atoms with Crippen LogP contribution in [-0.2, 0) is 4.74 Å². The van der Waals surface area contributed by atoms with Crippen LogP contribution in [0.1, 0.15) is 42.6 Å². The molecule has 0 aliphatic heterocycles. The van der Waals surface area contributed by atoms with Crippen molar-refractivity contribution in [2.45, 2.75) is 39.7 Å². The lowest BCUT2D eigenvalue weighted by molar-refractivity contribution is 0.0588. The number of hydrogen-bond donors (Lipinski definition) is 0. The van der Waals surface area contributed by atoms with E-state index >= 15 is 0 Å². The molecule has 0 saturated heterocycles. The molecule has 4 heteroatoms. The topological polar surface area (TPSA) is 29.5 Å². The average molecular weight is 342 g/mol. The number of rotatable bonds is 7. The molecule has 0 radical (unpaired) electrons. The van der Waals surface area contributed by atoms with Crippen LogP contribution in [0.4, 0.5) is 0 Å². The Morgan fingerprint density at radius 1 is 1.35 bits per heavy atom. The maximum absolute atomic E-state index is 12.8. The summed E-state index contributed by atoms with van der Waals surface area (Å²) in [7, 11) is 1.67. The molecule has 0 unspecified atom stereocenters. The number of carbonyl (C=O) groups is 1. The Hall–Kier alpha value is -0.870. The third-order valence-electron chi connectivity index (χ3n) is 3.68. The molecule has 20 heavy (non-hydrogen) atoms. The molecule has 0 bridgehead atoms. The molecule has 0 aliphatic rings. The van der Waals surface area contributed by atoms with E-state index in [1.807, 2.05) is 30.0 Å². The number of nitrogens with zero attached hydrogens (tertiary/aromatic N) is 1. The lowest BCUT2D eigenvalue weighted by Gasteiger charge is -2.31. The van der Waals surface area contributed by atoms with Gasteiger partial charge in [-0.25, -0.2) is 0 Å². The Morgan fingerprint density at radius 2 is 2.00 bits per heavy atom. The van der Waals surface area contributed by atoms with E-state index in [4.69, 9.17) is 4.74 Å². The average Bonchev–Trinajstić information content (AvgIpc) is 2.45. The Balaban J connectivity index is 3.05. The standard InChI is InChI=1S/C16H24BrNO2/c1-5-13(6-2)18(10-11-20-4)16(19)14-8-7-9-15(17)12(14)3/h7-9,13H,5-6,10-11H2,1-4H3. The second kappa shape index (κ2) is 8.42. The van der Waals surface area contributed by atoms with Gasteiger partial charge in [0.1, 0.15) is 0 Å². The van der Waals surface area contributed by atoms with Crippen molar-refractivity contribution in [1.29, 1.82) is 0 Å². The molecule has 0 atom stereocenters. The normalized spacial score (nSPS) is 10.9. The monoisotopic (exact) mass is 341 g/mol. The molecule has 0 spiro atoms. The number of ether oxygens (including phenoxy) is 1. The van der Waals surface area contributed by atoms with E-state index in [0.717, 1.165) is 28.4 Å². The van der Waals surface area contributed by atoms with E-state index in [0.29, 0.717) is 13.2 Å². The third-order valence-corrected chi connectivity index (χ3v) is 4.54. The van der Waals surface area contributed by atoms with Crippen molar-refractivity contribution in [2.75, 3.05) is 20.3 Å². The molecule has 3 nitrogen and oxygen atoms in total. The van der Waals surface area contributed by atoms with Crippen molar-refractivity contribution < 1.29 is 9.53 Å². The first-order valence-corrected chi connectivity index (χ1v) is 7.91. The fourth-order valence-electron chi connectivity index (χ4n) is 2.36. The zero-order valence-corrected chi connectivity index (χ0v) is 14.4. The molecular weight excluding hydrogens is 318 g/mol.